The molecule has 2 rings (SSSR count). The molecule has 0 N–H and O–H groups in total. The Labute approximate surface area is 99.7 Å². The number of carbonyl (C=O) groups is 1. The van der Waals surface area contributed by atoms with E-state index in [0.717, 1.165) is 19.4 Å². The predicted molar refractivity (Wildman–Crippen MR) is 60.0 cm³/mol. The maximum atomic E-state index is 11.3. The van der Waals surface area contributed by atoms with E-state index >= 15 is 0 Å². The van der Waals surface area contributed by atoms with Gasteiger partial charge in [-0.3, -0.25) is 0 Å². The molecule has 1 aliphatic heterocycles. The zero-order valence-corrected chi connectivity index (χ0v) is 9.72. The average Bonchev–Trinajstić information content (AvgIpc) is 2.89. The molecule has 5 nitrogen and oxygen atoms in total. The Bertz CT molecular complexity index is 388. The van der Waals surface area contributed by atoms with Crippen molar-refractivity contribution in [2.75, 3.05) is 20.3 Å². The van der Waals surface area contributed by atoms with E-state index in [1.54, 1.807) is 12.1 Å². The number of hydrogen-bond acceptors (Lipinski definition) is 5. The zero-order chi connectivity index (χ0) is 12.1. The summed E-state index contributed by atoms with van der Waals surface area (Å²) < 4.78 is 15.5. The lowest BCUT2D eigenvalue weighted by Crippen LogP contribution is -2.17. The molecule has 1 atom stereocenters. The minimum Gasteiger partial charge on any atom is -0.475 e. The van der Waals surface area contributed by atoms with Crippen molar-refractivity contribution in [3.05, 3.63) is 23.9 Å². The lowest BCUT2D eigenvalue weighted by molar-refractivity contribution is 0.0596. The Balaban J connectivity index is 1.93. The van der Waals surface area contributed by atoms with Crippen molar-refractivity contribution in [1.82, 2.24) is 4.98 Å². The van der Waals surface area contributed by atoms with Crippen LogP contribution in [-0.2, 0) is 9.47 Å². The molecule has 1 fully saturated rings. The molecule has 2 heterocycles. The standard InChI is InChI=1S/C12H15NO4/c1-15-12(14)9-4-5-13-11(7-9)17-8-10-3-2-6-16-10/h4-5,7,10H,2-3,6,8H2,1H3. The maximum absolute atomic E-state index is 11.3. The number of rotatable bonds is 4. The van der Waals surface area contributed by atoms with Crippen LogP contribution in [0.1, 0.15) is 23.2 Å². The summed E-state index contributed by atoms with van der Waals surface area (Å²) in [5, 5.41) is 0. The topological polar surface area (TPSA) is 57.7 Å². The van der Waals surface area contributed by atoms with Gasteiger partial charge in [0.2, 0.25) is 5.88 Å². The number of ether oxygens (including phenoxy) is 3. The van der Waals surface area contributed by atoms with E-state index < -0.39 is 5.97 Å². The molecule has 1 aromatic rings. The molecule has 1 unspecified atom stereocenters. The van der Waals surface area contributed by atoms with Gasteiger partial charge in [-0.2, -0.15) is 0 Å². The Morgan fingerprint density at radius 3 is 3.24 bits per heavy atom. The monoisotopic (exact) mass is 237 g/mol. The zero-order valence-electron chi connectivity index (χ0n) is 9.72. The number of carbonyl (C=O) groups excluding carboxylic acids is 1. The molecule has 92 valence electrons. The van der Waals surface area contributed by atoms with E-state index in [4.69, 9.17) is 9.47 Å². The Hall–Kier alpha value is -1.62. The highest BCUT2D eigenvalue weighted by Crippen LogP contribution is 2.15. The van der Waals surface area contributed by atoms with Crippen molar-refractivity contribution >= 4 is 5.97 Å². The van der Waals surface area contributed by atoms with Crippen LogP contribution in [0.3, 0.4) is 0 Å². The van der Waals surface area contributed by atoms with Crippen molar-refractivity contribution in [2.24, 2.45) is 0 Å². The molecule has 0 saturated carbocycles. The number of aromatic nitrogens is 1. The normalized spacial score (nSPS) is 19.0. The van der Waals surface area contributed by atoms with Crippen LogP contribution in [-0.4, -0.2) is 37.4 Å². The molecule has 0 amide bonds. The smallest absolute Gasteiger partial charge is 0.338 e. The van der Waals surface area contributed by atoms with Crippen LogP contribution in [0.4, 0.5) is 0 Å². The number of pyridine rings is 1. The van der Waals surface area contributed by atoms with Gasteiger partial charge in [0.1, 0.15) is 6.61 Å². The van der Waals surface area contributed by atoms with Crippen molar-refractivity contribution in [2.45, 2.75) is 18.9 Å². The van der Waals surface area contributed by atoms with Crippen LogP contribution >= 0.6 is 0 Å². The molecule has 1 aliphatic rings. The van der Waals surface area contributed by atoms with Crippen molar-refractivity contribution in [1.29, 1.82) is 0 Å². The second kappa shape index (κ2) is 5.63. The average molecular weight is 237 g/mol. The number of methoxy groups -OCH3 is 1. The van der Waals surface area contributed by atoms with Crippen molar-refractivity contribution in [3.63, 3.8) is 0 Å². The minimum atomic E-state index is -0.394. The third-order valence-electron chi connectivity index (χ3n) is 2.60. The Kier molecular flexibility index (Phi) is 3.93. The number of esters is 1. The molecule has 0 spiro atoms. The van der Waals surface area contributed by atoms with Gasteiger partial charge in [0.05, 0.1) is 18.8 Å². The van der Waals surface area contributed by atoms with Gasteiger partial charge in [0, 0.05) is 18.9 Å². The molecular formula is C12H15NO4. The first-order chi connectivity index (χ1) is 8.29. The second-order valence-electron chi connectivity index (χ2n) is 3.82. The van der Waals surface area contributed by atoms with Crippen molar-refractivity contribution in [3.8, 4) is 5.88 Å². The van der Waals surface area contributed by atoms with E-state index in [0.29, 0.717) is 18.1 Å². The number of hydrogen-bond donors (Lipinski definition) is 0. The Morgan fingerprint density at radius 1 is 1.65 bits per heavy atom. The SMILES string of the molecule is COC(=O)c1ccnc(OCC2CCCO2)c1. The predicted octanol–water partition coefficient (Wildman–Crippen LogP) is 1.43. The molecule has 17 heavy (non-hydrogen) atoms. The summed E-state index contributed by atoms with van der Waals surface area (Å²) in [6.07, 6.45) is 3.75. The minimum absolute atomic E-state index is 0.138. The fourth-order valence-corrected chi connectivity index (χ4v) is 1.69. The van der Waals surface area contributed by atoms with Crippen LogP contribution in [0.25, 0.3) is 0 Å². The summed E-state index contributed by atoms with van der Waals surface area (Å²) in [6.45, 7) is 1.27. The molecular weight excluding hydrogens is 222 g/mol. The third kappa shape index (κ3) is 3.17. The van der Waals surface area contributed by atoms with Gasteiger partial charge >= 0.3 is 5.97 Å². The van der Waals surface area contributed by atoms with Gasteiger partial charge in [-0.1, -0.05) is 0 Å². The van der Waals surface area contributed by atoms with E-state index in [2.05, 4.69) is 9.72 Å². The highest BCUT2D eigenvalue weighted by Gasteiger charge is 2.16. The van der Waals surface area contributed by atoms with Gasteiger partial charge < -0.3 is 14.2 Å². The highest BCUT2D eigenvalue weighted by atomic mass is 16.5. The van der Waals surface area contributed by atoms with Gasteiger partial charge in [-0.05, 0) is 18.9 Å². The van der Waals surface area contributed by atoms with Crippen molar-refractivity contribution < 1.29 is 19.0 Å². The van der Waals surface area contributed by atoms with Crippen LogP contribution in [0.5, 0.6) is 5.88 Å². The summed E-state index contributed by atoms with van der Waals surface area (Å²) in [6, 6.07) is 3.16. The van der Waals surface area contributed by atoms with E-state index in [-0.39, 0.29) is 6.10 Å². The summed E-state index contributed by atoms with van der Waals surface area (Å²) in [5.74, 6) is 0.0257. The lowest BCUT2D eigenvalue weighted by Gasteiger charge is -2.10. The van der Waals surface area contributed by atoms with Crippen LogP contribution in [0, 0.1) is 0 Å². The largest absolute Gasteiger partial charge is 0.475 e. The molecule has 1 aromatic heterocycles. The van der Waals surface area contributed by atoms with E-state index in [1.807, 2.05) is 0 Å². The molecule has 0 radical (unpaired) electrons. The molecule has 0 aromatic carbocycles. The van der Waals surface area contributed by atoms with Crippen LogP contribution in [0.15, 0.2) is 18.3 Å². The second-order valence-corrected chi connectivity index (χ2v) is 3.82. The quantitative estimate of drug-likeness (QED) is 0.741. The van der Waals surface area contributed by atoms with Gasteiger partial charge in [-0.15, -0.1) is 0 Å². The Morgan fingerprint density at radius 2 is 2.53 bits per heavy atom. The fraction of sp³-hybridized carbons (Fsp3) is 0.500. The van der Waals surface area contributed by atoms with E-state index in [9.17, 15) is 4.79 Å². The van der Waals surface area contributed by atoms with Gasteiger partial charge in [0.25, 0.3) is 0 Å². The number of nitrogens with zero attached hydrogens (tertiary/aromatic N) is 1. The summed E-state index contributed by atoms with van der Waals surface area (Å²) in [5.41, 5.74) is 0.435. The highest BCUT2D eigenvalue weighted by molar-refractivity contribution is 5.89. The fourth-order valence-electron chi connectivity index (χ4n) is 1.69. The molecule has 1 saturated heterocycles. The third-order valence-corrected chi connectivity index (χ3v) is 2.60. The maximum Gasteiger partial charge on any atom is 0.338 e. The first kappa shape index (κ1) is 11.9. The molecule has 0 aliphatic carbocycles. The molecule has 5 heteroatoms. The summed E-state index contributed by atoms with van der Waals surface area (Å²) in [7, 11) is 1.34. The summed E-state index contributed by atoms with van der Waals surface area (Å²) in [4.78, 5) is 15.3. The lowest BCUT2D eigenvalue weighted by atomic mass is 10.2. The van der Waals surface area contributed by atoms with Gasteiger partial charge in [-0.25, -0.2) is 9.78 Å². The van der Waals surface area contributed by atoms with Crippen LogP contribution < -0.4 is 4.74 Å². The van der Waals surface area contributed by atoms with Crippen LogP contribution in [0.2, 0.25) is 0 Å². The van der Waals surface area contributed by atoms with Gasteiger partial charge in [0.15, 0.2) is 0 Å². The first-order valence-corrected chi connectivity index (χ1v) is 5.58. The summed E-state index contributed by atoms with van der Waals surface area (Å²) >= 11 is 0. The van der Waals surface area contributed by atoms with E-state index in [1.165, 1.54) is 13.3 Å². The first-order valence-electron chi connectivity index (χ1n) is 5.58. The molecule has 0 bridgehead atoms.